The van der Waals surface area contributed by atoms with Gasteiger partial charge in [0.15, 0.2) is 0 Å². The van der Waals surface area contributed by atoms with Gasteiger partial charge < -0.3 is 0 Å². The van der Waals surface area contributed by atoms with Crippen LogP contribution in [0.4, 0.5) is 4.79 Å². The Bertz CT molecular complexity index is 644. The number of aromatic nitrogens is 1. The van der Waals surface area contributed by atoms with E-state index in [9.17, 15) is 4.79 Å². The molecule has 114 valence electrons. The molecule has 0 bridgehead atoms. The Hall–Kier alpha value is -2.13. The van der Waals surface area contributed by atoms with Crippen LogP contribution in [0.5, 0.6) is 0 Å². The average molecular weight is 316 g/mol. The Balaban J connectivity index is 2.08. The Labute approximate surface area is 136 Å². The van der Waals surface area contributed by atoms with Crippen LogP contribution in [0.2, 0.25) is 5.02 Å². The third kappa shape index (κ3) is 4.18. The zero-order valence-corrected chi connectivity index (χ0v) is 13.6. The van der Waals surface area contributed by atoms with Crippen molar-refractivity contribution < 1.29 is 9.36 Å². The number of carbonyl (C=O) groups excluding carboxylic acids is 1. The van der Waals surface area contributed by atoms with Crippen LogP contribution in [0.1, 0.15) is 25.0 Å². The van der Waals surface area contributed by atoms with Gasteiger partial charge >= 0.3 is 6.03 Å². The van der Waals surface area contributed by atoms with Gasteiger partial charge in [-0.05, 0) is 49.2 Å². The van der Waals surface area contributed by atoms with Crippen molar-refractivity contribution in [3.8, 4) is 0 Å². The summed E-state index contributed by atoms with van der Waals surface area (Å²) in [6, 6.07) is 11.5. The zero-order chi connectivity index (χ0) is 15.9. The summed E-state index contributed by atoms with van der Waals surface area (Å²) in [6.07, 6.45) is 7.61. The number of hydrogen-bond acceptors (Lipinski definition) is 1. The fourth-order valence-electron chi connectivity index (χ4n) is 2.10. The molecule has 0 fully saturated rings. The first-order chi connectivity index (χ1) is 10.6. The van der Waals surface area contributed by atoms with Crippen LogP contribution in [0.3, 0.4) is 0 Å². The van der Waals surface area contributed by atoms with E-state index in [4.69, 9.17) is 11.6 Å². The second-order valence-corrected chi connectivity index (χ2v) is 5.31. The zero-order valence-electron chi connectivity index (χ0n) is 12.9. The van der Waals surface area contributed by atoms with Crippen LogP contribution < -0.4 is 4.57 Å². The molecule has 0 unspecified atom stereocenters. The van der Waals surface area contributed by atoms with E-state index in [1.54, 1.807) is 21.9 Å². The van der Waals surface area contributed by atoms with Gasteiger partial charge in [0, 0.05) is 5.02 Å². The lowest BCUT2D eigenvalue weighted by molar-refractivity contribution is -0.578. The van der Waals surface area contributed by atoms with Crippen molar-refractivity contribution in [3.63, 3.8) is 0 Å². The maximum Gasteiger partial charge on any atom is 0.497 e. The first-order valence-electron chi connectivity index (χ1n) is 7.38. The summed E-state index contributed by atoms with van der Waals surface area (Å²) in [6.45, 7) is 5.37. The molecule has 0 saturated carbocycles. The number of pyridine rings is 1. The molecule has 1 aromatic heterocycles. The molecule has 1 heterocycles. The van der Waals surface area contributed by atoms with Crippen molar-refractivity contribution >= 4 is 29.8 Å². The van der Waals surface area contributed by atoms with Gasteiger partial charge in [-0.25, -0.2) is 4.90 Å². The van der Waals surface area contributed by atoms with Crippen LogP contribution >= 0.6 is 11.6 Å². The summed E-state index contributed by atoms with van der Waals surface area (Å²) < 4.78 is 1.60. The number of halogens is 1. The van der Waals surface area contributed by atoms with E-state index in [0.29, 0.717) is 13.1 Å². The Morgan fingerprint density at radius 2 is 1.50 bits per heavy atom. The molecule has 2 aromatic rings. The molecule has 1 aromatic carbocycles. The minimum atomic E-state index is -0.00164. The van der Waals surface area contributed by atoms with Crippen molar-refractivity contribution in [2.24, 2.45) is 0 Å². The third-order valence-electron chi connectivity index (χ3n) is 3.45. The summed E-state index contributed by atoms with van der Waals surface area (Å²) in [5.74, 6) is 0. The number of carbonyl (C=O) groups is 1. The van der Waals surface area contributed by atoms with Gasteiger partial charge in [-0.1, -0.05) is 35.9 Å². The standard InChI is InChI=1S/C18H20ClN2O/c1-3-20(4-2)18(22)21-13-11-16(12-14-21)6-5-15-7-9-17(19)10-8-15/h5-14H,3-4H2,1-2H3/q+1/b6-5-. The van der Waals surface area contributed by atoms with Crippen molar-refractivity contribution in [1.82, 2.24) is 4.90 Å². The van der Waals surface area contributed by atoms with Gasteiger partial charge in [0.2, 0.25) is 0 Å². The van der Waals surface area contributed by atoms with E-state index >= 15 is 0 Å². The van der Waals surface area contributed by atoms with E-state index in [1.165, 1.54) is 0 Å². The number of rotatable bonds is 4. The molecule has 1 amide bonds. The van der Waals surface area contributed by atoms with Crippen LogP contribution in [0.25, 0.3) is 12.2 Å². The topological polar surface area (TPSA) is 24.2 Å². The molecule has 0 aliphatic carbocycles. The molecular formula is C18H20ClN2O+. The highest BCUT2D eigenvalue weighted by atomic mass is 35.5. The predicted molar refractivity (Wildman–Crippen MR) is 90.7 cm³/mol. The Morgan fingerprint density at radius 3 is 2.00 bits per heavy atom. The minimum absolute atomic E-state index is 0.00164. The fraction of sp³-hybridized carbons (Fsp3) is 0.222. The first kappa shape index (κ1) is 16.2. The predicted octanol–water partition coefficient (Wildman–Crippen LogP) is 4.11. The third-order valence-corrected chi connectivity index (χ3v) is 3.70. The lowest BCUT2D eigenvalue weighted by Gasteiger charge is -2.10. The molecule has 0 aliphatic heterocycles. The summed E-state index contributed by atoms with van der Waals surface area (Å²) in [4.78, 5) is 14.0. The lowest BCUT2D eigenvalue weighted by atomic mass is 10.1. The molecule has 0 spiro atoms. The van der Waals surface area contributed by atoms with Gasteiger partial charge in [-0.15, -0.1) is 0 Å². The van der Waals surface area contributed by atoms with E-state index < -0.39 is 0 Å². The summed E-state index contributed by atoms with van der Waals surface area (Å²) in [5, 5.41) is 0.729. The van der Waals surface area contributed by atoms with Gasteiger partial charge in [0.1, 0.15) is 0 Å². The highest BCUT2D eigenvalue weighted by molar-refractivity contribution is 6.30. The number of benzene rings is 1. The summed E-state index contributed by atoms with van der Waals surface area (Å²) in [5.41, 5.74) is 2.12. The van der Waals surface area contributed by atoms with Gasteiger partial charge in [0.05, 0.1) is 25.5 Å². The molecule has 2 rings (SSSR count). The SMILES string of the molecule is CCN(CC)C(=O)[n+]1ccc(/C=C\c2ccc(Cl)cc2)cc1. The Kier molecular flexibility index (Phi) is 5.73. The number of hydrogen-bond donors (Lipinski definition) is 0. The van der Waals surface area contributed by atoms with E-state index in [2.05, 4.69) is 0 Å². The maximum atomic E-state index is 12.2. The smallest absolute Gasteiger partial charge is 0.226 e. The van der Waals surface area contributed by atoms with Crippen LogP contribution in [0, 0.1) is 0 Å². The molecule has 4 heteroatoms. The number of nitrogens with zero attached hydrogens (tertiary/aromatic N) is 2. The molecular weight excluding hydrogens is 296 g/mol. The molecule has 0 N–H and O–H groups in total. The van der Waals surface area contributed by atoms with E-state index in [-0.39, 0.29) is 6.03 Å². The molecule has 0 saturated heterocycles. The molecule has 3 nitrogen and oxygen atoms in total. The van der Waals surface area contributed by atoms with E-state index in [0.717, 1.165) is 16.1 Å². The molecule has 0 aliphatic rings. The maximum absolute atomic E-state index is 12.2. The largest absolute Gasteiger partial charge is 0.497 e. The summed E-state index contributed by atoms with van der Waals surface area (Å²) in [7, 11) is 0. The quantitative estimate of drug-likeness (QED) is 0.779. The van der Waals surface area contributed by atoms with Crippen molar-refractivity contribution in [2.75, 3.05) is 13.1 Å². The van der Waals surface area contributed by atoms with Gasteiger partial charge in [-0.3, -0.25) is 0 Å². The molecule has 0 radical (unpaired) electrons. The highest BCUT2D eigenvalue weighted by Gasteiger charge is 2.20. The van der Waals surface area contributed by atoms with Crippen molar-refractivity contribution in [3.05, 3.63) is 64.9 Å². The summed E-state index contributed by atoms with van der Waals surface area (Å²) >= 11 is 5.86. The van der Waals surface area contributed by atoms with Crippen LogP contribution in [0.15, 0.2) is 48.8 Å². The molecule has 22 heavy (non-hydrogen) atoms. The second kappa shape index (κ2) is 7.76. The lowest BCUT2D eigenvalue weighted by Crippen LogP contribution is -2.51. The first-order valence-corrected chi connectivity index (χ1v) is 7.76. The normalized spacial score (nSPS) is 10.9. The molecule has 0 atom stereocenters. The van der Waals surface area contributed by atoms with Crippen molar-refractivity contribution in [2.45, 2.75) is 13.8 Å². The second-order valence-electron chi connectivity index (χ2n) is 4.88. The van der Waals surface area contributed by atoms with Crippen molar-refractivity contribution in [1.29, 1.82) is 0 Å². The monoisotopic (exact) mass is 315 g/mol. The minimum Gasteiger partial charge on any atom is -0.226 e. The van der Waals surface area contributed by atoms with Gasteiger partial charge in [-0.2, -0.15) is 9.36 Å². The van der Waals surface area contributed by atoms with Gasteiger partial charge in [0.25, 0.3) is 0 Å². The Morgan fingerprint density at radius 1 is 1.00 bits per heavy atom. The fourth-order valence-corrected chi connectivity index (χ4v) is 2.23. The van der Waals surface area contributed by atoms with Crippen LogP contribution in [-0.2, 0) is 0 Å². The highest BCUT2D eigenvalue weighted by Crippen LogP contribution is 2.12. The van der Waals surface area contributed by atoms with E-state index in [1.807, 2.05) is 62.4 Å². The van der Waals surface area contributed by atoms with Crippen LogP contribution in [-0.4, -0.2) is 24.0 Å². The average Bonchev–Trinajstić information content (AvgIpc) is 2.56. The number of amides is 1.